The molecule has 156 valence electrons. The van der Waals surface area contributed by atoms with Gasteiger partial charge in [0.2, 0.25) is 0 Å². The van der Waals surface area contributed by atoms with Gasteiger partial charge >= 0.3 is 0 Å². The maximum atomic E-state index is 11.1. The van der Waals surface area contributed by atoms with Crippen molar-refractivity contribution in [3.63, 3.8) is 0 Å². The molecule has 0 amide bonds. The second kappa shape index (κ2) is 7.83. The molecule has 12 heteroatoms. The predicted molar refractivity (Wildman–Crippen MR) is 109 cm³/mol. The molecule has 0 aliphatic rings. The van der Waals surface area contributed by atoms with E-state index in [4.69, 9.17) is 32.0 Å². The van der Waals surface area contributed by atoms with E-state index < -0.39 is 20.2 Å². The Bertz CT molecular complexity index is 1090. The van der Waals surface area contributed by atoms with Crippen LogP contribution in [0.1, 0.15) is 22.3 Å². The normalized spacial score (nSPS) is 11.6. The molecular formula is C16H24N4O6S2. The molecule has 0 aliphatic heterocycles. The number of anilines is 4. The van der Waals surface area contributed by atoms with Gasteiger partial charge in [0.05, 0.1) is 4.90 Å². The molecule has 0 bridgehead atoms. The van der Waals surface area contributed by atoms with Crippen LogP contribution < -0.4 is 22.9 Å². The topological polar surface area (TPSA) is 213 Å². The summed E-state index contributed by atoms with van der Waals surface area (Å²) in [7, 11) is -8.51. The Morgan fingerprint density at radius 2 is 1.00 bits per heavy atom. The lowest BCUT2D eigenvalue weighted by Gasteiger charge is -2.15. The standard InChI is InChI=1S/C9H14N2O3S.C7H10N2O3S/c1-4-7(10)5(2)9(15(12,13)14)6(3)8(4)11;1-4-6(8)2-5(3-7(4)9)13(10,11)12/h10-11H2,1-3H3,(H,12,13,14);2-3H,8-9H2,1H3,(H,10,11,12). The van der Waals surface area contributed by atoms with Gasteiger partial charge in [-0.05, 0) is 62.1 Å². The first-order valence-electron chi connectivity index (χ1n) is 7.75. The second-order valence-electron chi connectivity index (χ2n) is 6.21. The zero-order valence-electron chi connectivity index (χ0n) is 15.8. The molecular weight excluding hydrogens is 408 g/mol. The molecule has 0 atom stereocenters. The molecule has 0 aromatic heterocycles. The lowest BCUT2D eigenvalue weighted by atomic mass is 10.0. The Labute approximate surface area is 164 Å². The fraction of sp³-hybridized carbons (Fsp3) is 0.250. The first kappa shape index (κ1) is 23.5. The number of nitrogens with two attached hydrogens (primary N) is 4. The molecule has 10 N–H and O–H groups in total. The van der Waals surface area contributed by atoms with Crippen molar-refractivity contribution in [1.82, 2.24) is 0 Å². The van der Waals surface area contributed by atoms with Crippen LogP contribution in [-0.4, -0.2) is 25.9 Å². The highest BCUT2D eigenvalue weighted by atomic mass is 32.2. The van der Waals surface area contributed by atoms with Gasteiger partial charge < -0.3 is 22.9 Å². The molecule has 0 aliphatic carbocycles. The molecule has 0 fully saturated rings. The van der Waals surface area contributed by atoms with Crippen molar-refractivity contribution in [3.05, 3.63) is 34.4 Å². The number of rotatable bonds is 2. The molecule has 0 radical (unpaired) electrons. The van der Waals surface area contributed by atoms with Gasteiger partial charge in [-0.2, -0.15) is 16.8 Å². The van der Waals surface area contributed by atoms with Crippen LogP contribution in [0.4, 0.5) is 22.7 Å². The van der Waals surface area contributed by atoms with Gasteiger partial charge in [-0.15, -0.1) is 0 Å². The van der Waals surface area contributed by atoms with Crippen LogP contribution in [0.3, 0.4) is 0 Å². The summed E-state index contributed by atoms with van der Waals surface area (Å²) < 4.78 is 61.4. The van der Waals surface area contributed by atoms with Gasteiger partial charge in [-0.3, -0.25) is 9.11 Å². The summed E-state index contributed by atoms with van der Waals surface area (Å²) in [6, 6.07) is 2.34. The van der Waals surface area contributed by atoms with Crippen LogP contribution in [0, 0.1) is 27.7 Å². The Kier molecular flexibility index (Phi) is 6.57. The monoisotopic (exact) mass is 432 g/mol. The molecule has 0 saturated heterocycles. The van der Waals surface area contributed by atoms with Crippen LogP contribution in [0.5, 0.6) is 0 Å². The van der Waals surface area contributed by atoms with Gasteiger partial charge in [-0.1, -0.05) is 0 Å². The van der Waals surface area contributed by atoms with Crippen molar-refractivity contribution in [1.29, 1.82) is 0 Å². The maximum Gasteiger partial charge on any atom is 0.295 e. The minimum absolute atomic E-state index is 0.192. The van der Waals surface area contributed by atoms with Crippen molar-refractivity contribution in [2.75, 3.05) is 22.9 Å². The summed E-state index contributed by atoms with van der Waals surface area (Å²) in [5.74, 6) is 0. The summed E-state index contributed by atoms with van der Waals surface area (Å²) in [4.78, 5) is -0.476. The van der Waals surface area contributed by atoms with Crippen molar-refractivity contribution in [3.8, 4) is 0 Å². The number of hydrogen-bond donors (Lipinski definition) is 6. The van der Waals surface area contributed by atoms with E-state index in [1.807, 2.05) is 0 Å². The van der Waals surface area contributed by atoms with Crippen LogP contribution in [0.15, 0.2) is 21.9 Å². The smallest absolute Gasteiger partial charge is 0.295 e. The Balaban J connectivity index is 0.000000283. The lowest BCUT2D eigenvalue weighted by Crippen LogP contribution is -2.10. The minimum atomic E-state index is -4.29. The largest absolute Gasteiger partial charge is 0.398 e. The lowest BCUT2D eigenvalue weighted by molar-refractivity contribution is 0.480. The Morgan fingerprint density at radius 1 is 0.643 bits per heavy atom. The average Bonchev–Trinajstić information content (AvgIpc) is 2.54. The first-order chi connectivity index (χ1) is 12.5. The van der Waals surface area contributed by atoms with E-state index in [1.165, 1.54) is 26.0 Å². The van der Waals surface area contributed by atoms with Crippen molar-refractivity contribution in [2.45, 2.75) is 37.5 Å². The predicted octanol–water partition coefficient (Wildman–Crippen LogP) is 1.43. The van der Waals surface area contributed by atoms with E-state index in [2.05, 4.69) is 0 Å². The Hall–Kier alpha value is -2.54. The summed E-state index contributed by atoms with van der Waals surface area (Å²) in [5, 5.41) is 0. The van der Waals surface area contributed by atoms with E-state index in [-0.39, 0.29) is 21.2 Å². The van der Waals surface area contributed by atoms with Gasteiger partial charge in [0.25, 0.3) is 20.2 Å². The molecule has 28 heavy (non-hydrogen) atoms. The van der Waals surface area contributed by atoms with Crippen LogP contribution in [-0.2, 0) is 20.2 Å². The third-order valence-electron chi connectivity index (χ3n) is 4.31. The molecule has 0 saturated carbocycles. The van der Waals surface area contributed by atoms with Crippen LogP contribution in [0.25, 0.3) is 0 Å². The quantitative estimate of drug-likeness (QED) is 0.296. The first-order valence-corrected chi connectivity index (χ1v) is 10.6. The number of benzene rings is 2. The van der Waals surface area contributed by atoms with Crippen molar-refractivity contribution < 1.29 is 25.9 Å². The SMILES string of the molecule is Cc1c(N)c(C)c(S(=O)(=O)O)c(C)c1N.Cc1c(N)cc(S(=O)(=O)O)cc1N. The molecule has 2 aromatic carbocycles. The summed E-state index contributed by atoms with van der Waals surface area (Å²) >= 11 is 0. The fourth-order valence-corrected chi connectivity index (χ4v) is 4.05. The minimum Gasteiger partial charge on any atom is -0.398 e. The zero-order valence-corrected chi connectivity index (χ0v) is 17.4. The molecule has 0 spiro atoms. The van der Waals surface area contributed by atoms with E-state index in [9.17, 15) is 16.8 Å². The molecule has 0 heterocycles. The zero-order chi connectivity index (χ0) is 22.2. The highest BCUT2D eigenvalue weighted by Gasteiger charge is 2.22. The van der Waals surface area contributed by atoms with E-state index in [0.717, 1.165) is 0 Å². The molecule has 2 rings (SSSR count). The summed E-state index contributed by atoms with van der Waals surface area (Å²) in [6.07, 6.45) is 0. The van der Waals surface area contributed by atoms with Gasteiger partial charge in [0.1, 0.15) is 4.90 Å². The van der Waals surface area contributed by atoms with Crippen molar-refractivity contribution >= 4 is 43.0 Å². The highest BCUT2D eigenvalue weighted by Crippen LogP contribution is 2.33. The third-order valence-corrected chi connectivity index (χ3v) is 6.27. The van der Waals surface area contributed by atoms with Gasteiger partial charge in [-0.25, -0.2) is 0 Å². The second-order valence-corrected chi connectivity index (χ2v) is 8.99. The Morgan fingerprint density at radius 3 is 1.29 bits per heavy atom. The van der Waals surface area contributed by atoms with E-state index in [1.54, 1.807) is 13.8 Å². The summed E-state index contributed by atoms with van der Waals surface area (Å²) in [6.45, 7) is 6.45. The van der Waals surface area contributed by atoms with Crippen molar-refractivity contribution in [2.24, 2.45) is 0 Å². The summed E-state index contributed by atoms with van der Waals surface area (Å²) in [5.41, 5.74) is 25.3. The van der Waals surface area contributed by atoms with Gasteiger partial charge in [0, 0.05) is 22.7 Å². The maximum absolute atomic E-state index is 11.1. The number of nitrogen functional groups attached to an aromatic ring is 4. The number of hydrogen-bond acceptors (Lipinski definition) is 8. The van der Waals surface area contributed by atoms with Gasteiger partial charge in [0.15, 0.2) is 0 Å². The van der Waals surface area contributed by atoms with E-state index in [0.29, 0.717) is 33.6 Å². The molecule has 0 unspecified atom stereocenters. The van der Waals surface area contributed by atoms with E-state index >= 15 is 0 Å². The average molecular weight is 433 g/mol. The molecule has 2 aromatic rings. The molecule has 10 nitrogen and oxygen atoms in total. The fourth-order valence-electron chi connectivity index (χ4n) is 2.50. The third kappa shape index (κ3) is 4.84. The van der Waals surface area contributed by atoms with Crippen LogP contribution in [0.2, 0.25) is 0 Å². The highest BCUT2D eigenvalue weighted by molar-refractivity contribution is 7.86. The van der Waals surface area contributed by atoms with Crippen LogP contribution >= 0.6 is 0 Å².